The molecule has 0 saturated heterocycles. The Bertz CT molecular complexity index is 665. The molecule has 0 atom stereocenters. The van der Waals surface area contributed by atoms with Crippen LogP contribution >= 0.6 is 0 Å². The lowest BCUT2D eigenvalue weighted by atomic mass is 10.1. The maximum Gasteiger partial charge on any atom is 0.342 e. The fourth-order valence-corrected chi connectivity index (χ4v) is 1.94. The minimum Gasteiger partial charge on any atom is -0.462 e. The van der Waals surface area contributed by atoms with Gasteiger partial charge in [-0.05, 0) is 56.2 Å². The summed E-state index contributed by atoms with van der Waals surface area (Å²) in [5.74, 6) is 0.715. The number of carbonyl (C=O) groups is 1. The predicted octanol–water partition coefficient (Wildman–Crippen LogP) is 3.85. The average molecular weight is 285 g/mol. The summed E-state index contributed by atoms with van der Waals surface area (Å²) in [4.78, 5) is 12.0. The van der Waals surface area contributed by atoms with E-state index >= 15 is 0 Å². The lowest BCUT2D eigenvalue weighted by molar-refractivity contribution is 0.0523. The molecule has 21 heavy (non-hydrogen) atoms. The third-order valence-electron chi connectivity index (χ3n) is 3.06. The van der Waals surface area contributed by atoms with E-state index in [1.165, 1.54) is 0 Å². The minimum absolute atomic E-state index is 0.302. The highest BCUT2D eigenvalue weighted by Crippen LogP contribution is 2.30. The van der Waals surface area contributed by atoms with Gasteiger partial charge >= 0.3 is 5.97 Å². The topological polar surface area (TPSA) is 61.5 Å². The van der Waals surface area contributed by atoms with Gasteiger partial charge in [0.25, 0.3) is 0 Å². The van der Waals surface area contributed by atoms with E-state index in [4.69, 9.17) is 15.2 Å². The first-order chi connectivity index (χ1) is 10.0. The zero-order chi connectivity index (χ0) is 15.4. The molecule has 0 aliphatic carbocycles. The molecule has 2 aromatic rings. The van der Waals surface area contributed by atoms with Gasteiger partial charge in [-0.3, -0.25) is 0 Å². The van der Waals surface area contributed by atoms with Crippen molar-refractivity contribution in [2.24, 2.45) is 0 Å². The second kappa shape index (κ2) is 6.31. The van der Waals surface area contributed by atoms with Crippen molar-refractivity contribution in [1.29, 1.82) is 0 Å². The molecular formula is C17H19NO3. The van der Waals surface area contributed by atoms with Crippen LogP contribution < -0.4 is 10.5 Å². The Morgan fingerprint density at radius 3 is 2.57 bits per heavy atom. The number of aryl methyl sites for hydroxylation is 2. The summed E-state index contributed by atoms with van der Waals surface area (Å²) >= 11 is 0. The van der Waals surface area contributed by atoms with E-state index in [9.17, 15) is 4.79 Å². The lowest BCUT2D eigenvalue weighted by Crippen LogP contribution is -2.07. The molecule has 0 unspecified atom stereocenters. The molecule has 2 N–H and O–H groups in total. The van der Waals surface area contributed by atoms with E-state index in [2.05, 4.69) is 0 Å². The van der Waals surface area contributed by atoms with Gasteiger partial charge in [0, 0.05) is 5.69 Å². The average Bonchev–Trinajstić information content (AvgIpc) is 2.45. The van der Waals surface area contributed by atoms with Crippen LogP contribution in [0.1, 0.15) is 28.4 Å². The number of esters is 1. The van der Waals surface area contributed by atoms with Crippen LogP contribution in [-0.2, 0) is 4.74 Å². The van der Waals surface area contributed by atoms with Crippen LogP contribution in [-0.4, -0.2) is 12.6 Å². The highest BCUT2D eigenvalue weighted by Gasteiger charge is 2.15. The molecule has 0 bridgehead atoms. The lowest BCUT2D eigenvalue weighted by Gasteiger charge is -2.13. The number of carbonyl (C=O) groups excluding carboxylic acids is 1. The van der Waals surface area contributed by atoms with Gasteiger partial charge in [0.05, 0.1) is 6.61 Å². The predicted molar refractivity (Wildman–Crippen MR) is 82.8 cm³/mol. The SMILES string of the molecule is CCOC(=O)c1cc(N)ccc1Oc1cc(C)ccc1C. The van der Waals surface area contributed by atoms with E-state index in [0.717, 1.165) is 11.1 Å². The molecule has 0 aliphatic rings. The monoisotopic (exact) mass is 285 g/mol. The van der Waals surface area contributed by atoms with Crippen LogP contribution in [0.15, 0.2) is 36.4 Å². The van der Waals surface area contributed by atoms with Crippen molar-refractivity contribution in [3.05, 3.63) is 53.1 Å². The van der Waals surface area contributed by atoms with Gasteiger partial charge in [0.2, 0.25) is 0 Å². The summed E-state index contributed by atoms with van der Waals surface area (Å²) in [6.45, 7) is 6.00. The van der Waals surface area contributed by atoms with Gasteiger partial charge in [0.1, 0.15) is 17.1 Å². The van der Waals surface area contributed by atoms with Crippen LogP contribution in [0.3, 0.4) is 0 Å². The number of nitrogen functional groups attached to an aromatic ring is 1. The molecular weight excluding hydrogens is 266 g/mol. The summed E-state index contributed by atoms with van der Waals surface area (Å²) in [6.07, 6.45) is 0. The maximum absolute atomic E-state index is 12.0. The smallest absolute Gasteiger partial charge is 0.342 e. The quantitative estimate of drug-likeness (QED) is 0.684. The van der Waals surface area contributed by atoms with Gasteiger partial charge in [0.15, 0.2) is 0 Å². The van der Waals surface area contributed by atoms with E-state index < -0.39 is 5.97 Å². The third-order valence-corrected chi connectivity index (χ3v) is 3.06. The number of hydrogen-bond acceptors (Lipinski definition) is 4. The fourth-order valence-electron chi connectivity index (χ4n) is 1.94. The normalized spacial score (nSPS) is 10.2. The number of anilines is 1. The summed E-state index contributed by atoms with van der Waals surface area (Å²) in [5, 5.41) is 0. The van der Waals surface area contributed by atoms with Gasteiger partial charge in [-0.2, -0.15) is 0 Å². The molecule has 0 amide bonds. The van der Waals surface area contributed by atoms with Crippen LogP contribution in [0.5, 0.6) is 11.5 Å². The molecule has 0 fully saturated rings. The number of ether oxygens (including phenoxy) is 2. The zero-order valence-electron chi connectivity index (χ0n) is 12.5. The van der Waals surface area contributed by atoms with Crippen molar-refractivity contribution in [2.75, 3.05) is 12.3 Å². The molecule has 4 nitrogen and oxygen atoms in total. The van der Waals surface area contributed by atoms with Crippen LogP contribution in [0.4, 0.5) is 5.69 Å². The molecule has 4 heteroatoms. The molecule has 0 aromatic heterocycles. The molecule has 2 aromatic carbocycles. The summed E-state index contributed by atoms with van der Waals surface area (Å²) in [6, 6.07) is 10.9. The first-order valence-corrected chi connectivity index (χ1v) is 6.83. The number of benzene rings is 2. The molecule has 0 spiro atoms. The highest BCUT2D eigenvalue weighted by molar-refractivity contribution is 5.93. The van der Waals surface area contributed by atoms with E-state index in [-0.39, 0.29) is 0 Å². The van der Waals surface area contributed by atoms with Crippen LogP contribution in [0.2, 0.25) is 0 Å². The molecule has 0 radical (unpaired) electrons. The van der Waals surface area contributed by atoms with E-state index in [1.807, 2.05) is 32.0 Å². The Morgan fingerprint density at radius 1 is 1.10 bits per heavy atom. The van der Waals surface area contributed by atoms with Crippen molar-refractivity contribution in [3.63, 3.8) is 0 Å². The van der Waals surface area contributed by atoms with Crippen LogP contribution in [0, 0.1) is 13.8 Å². The number of hydrogen-bond donors (Lipinski definition) is 1. The Morgan fingerprint density at radius 2 is 1.86 bits per heavy atom. The summed E-state index contributed by atoms with van der Waals surface area (Å²) in [7, 11) is 0. The third kappa shape index (κ3) is 3.54. The second-order valence-corrected chi connectivity index (χ2v) is 4.85. The molecule has 2 rings (SSSR count). The Hall–Kier alpha value is -2.49. The Balaban J connectivity index is 2.39. The van der Waals surface area contributed by atoms with Crippen molar-refractivity contribution in [2.45, 2.75) is 20.8 Å². The Labute approximate surface area is 124 Å². The van der Waals surface area contributed by atoms with E-state index in [1.54, 1.807) is 25.1 Å². The molecule has 0 aliphatic heterocycles. The van der Waals surface area contributed by atoms with E-state index in [0.29, 0.717) is 29.4 Å². The Kier molecular flexibility index (Phi) is 4.48. The van der Waals surface area contributed by atoms with Crippen LogP contribution in [0.25, 0.3) is 0 Å². The van der Waals surface area contributed by atoms with Gasteiger partial charge in [-0.25, -0.2) is 4.79 Å². The summed E-state index contributed by atoms with van der Waals surface area (Å²) in [5.41, 5.74) is 8.65. The largest absolute Gasteiger partial charge is 0.462 e. The second-order valence-electron chi connectivity index (χ2n) is 4.85. The first-order valence-electron chi connectivity index (χ1n) is 6.83. The summed E-state index contributed by atoms with van der Waals surface area (Å²) < 4.78 is 10.9. The highest BCUT2D eigenvalue weighted by atomic mass is 16.5. The standard InChI is InChI=1S/C17H19NO3/c1-4-20-17(19)14-10-13(18)7-8-15(14)21-16-9-11(2)5-6-12(16)3/h5-10H,4,18H2,1-3H3. The van der Waals surface area contributed by atoms with Crippen molar-refractivity contribution < 1.29 is 14.3 Å². The maximum atomic E-state index is 12.0. The van der Waals surface area contributed by atoms with Crippen molar-refractivity contribution in [3.8, 4) is 11.5 Å². The van der Waals surface area contributed by atoms with Gasteiger partial charge < -0.3 is 15.2 Å². The minimum atomic E-state index is -0.440. The number of rotatable bonds is 4. The van der Waals surface area contributed by atoms with Crippen molar-refractivity contribution in [1.82, 2.24) is 0 Å². The molecule has 0 heterocycles. The molecule has 0 saturated carbocycles. The van der Waals surface area contributed by atoms with Crippen molar-refractivity contribution >= 4 is 11.7 Å². The zero-order valence-corrected chi connectivity index (χ0v) is 12.5. The first kappa shape index (κ1) is 14.9. The van der Waals surface area contributed by atoms with Gasteiger partial charge in [-0.1, -0.05) is 12.1 Å². The van der Waals surface area contributed by atoms with Gasteiger partial charge in [-0.15, -0.1) is 0 Å². The molecule has 110 valence electrons. The number of nitrogens with two attached hydrogens (primary N) is 1. The fraction of sp³-hybridized carbons (Fsp3) is 0.235.